The fourth-order valence-corrected chi connectivity index (χ4v) is 1.73. The predicted octanol–water partition coefficient (Wildman–Crippen LogP) is 3.26. The molecule has 0 N–H and O–H groups in total. The first kappa shape index (κ1) is 13.3. The summed E-state index contributed by atoms with van der Waals surface area (Å²) in [4.78, 5) is 0. The van der Waals surface area contributed by atoms with Crippen molar-refractivity contribution in [3.8, 4) is 11.5 Å². The first-order valence-corrected chi connectivity index (χ1v) is 6.02. The van der Waals surface area contributed by atoms with Gasteiger partial charge in [0.1, 0.15) is 11.5 Å². The highest BCUT2D eigenvalue weighted by molar-refractivity contribution is 9.10. The lowest BCUT2D eigenvalue weighted by molar-refractivity contribution is 0.184. The Morgan fingerprint density at radius 1 is 1.12 bits per heavy atom. The van der Waals surface area contributed by atoms with Crippen LogP contribution in [0.25, 0.3) is 0 Å². The zero-order valence-electron chi connectivity index (χ0n) is 9.66. The molecule has 0 saturated heterocycles. The zero-order valence-corrected chi connectivity index (χ0v) is 11.2. The molecule has 1 aromatic carbocycles. The van der Waals surface area contributed by atoms with Crippen molar-refractivity contribution in [2.24, 2.45) is 0 Å². The van der Waals surface area contributed by atoms with E-state index in [2.05, 4.69) is 15.9 Å². The van der Waals surface area contributed by atoms with E-state index in [1.165, 1.54) is 0 Å². The molecule has 1 rings (SSSR count). The third-order valence-electron chi connectivity index (χ3n) is 2.14. The van der Waals surface area contributed by atoms with Gasteiger partial charge >= 0.3 is 0 Å². The van der Waals surface area contributed by atoms with E-state index in [0.717, 1.165) is 35.4 Å². The average molecular weight is 289 g/mol. The van der Waals surface area contributed by atoms with Crippen LogP contribution in [0.1, 0.15) is 12.8 Å². The number of halogens is 1. The van der Waals surface area contributed by atoms with Gasteiger partial charge in [0.2, 0.25) is 0 Å². The van der Waals surface area contributed by atoms with Crippen LogP contribution in [0.4, 0.5) is 0 Å². The van der Waals surface area contributed by atoms with Crippen LogP contribution < -0.4 is 9.47 Å². The molecule has 0 aliphatic heterocycles. The molecular weight excluding hydrogens is 272 g/mol. The molecule has 0 amide bonds. The van der Waals surface area contributed by atoms with Crippen LogP contribution in [-0.4, -0.2) is 27.4 Å². The van der Waals surface area contributed by atoms with Crippen molar-refractivity contribution in [3.63, 3.8) is 0 Å². The van der Waals surface area contributed by atoms with Crippen LogP contribution in [0.2, 0.25) is 0 Å². The maximum Gasteiger partial charge on any atom is 0.133 e. The van der Waals surface area contributed by atoms with Gasteiger partial charge in [-0.2, -0.15) is 0 Å². The van der Waals surface area contributed by atoms with Crippen molar-refractivity contribution in [1.82, 2.24) is 0 Å². The molecule has 0 fully saturated rings. The van der Waals surface area contributed by atoms with Crippen molar-refractivity contribution in [3.05, 3.63) is 22.7 Å². The van der Waals surface area contributed by atoms with E-state index in [1.54, 1.807) is 14.2 Å². The lowest BCUT2D eigenvalue weighted by Gasteiger charge is -2.09. The van der Waals surface area contributed by atoms with Crippen LogP contribution in [0.15, 0.2) is 22.7 Å². The Labute approximate surface area is 105 Å². The minimum absolute atomic E-state index is 0.703. The van der Waals surface area contributed by atoms with E-state index in [0.29, 0.717) is 6.61 Å². The van der Waals surface area contributed by atoms with Crippen molar-refractivity contribution < 1.29 is 14.2 Å². The summed E-state index contributed by atoms with van der Waals surface area (Å²) in [5, 5.41) is 0. The monoisotopic (exact) mass is 288 g/mol. The van der Waals surface area contributed by atoms with E-state index in [1.807, 2.05) is 18.2 Å². The standard InChI is InChI=1S/C12H17BrO3/c1-14-7-3-4-8-16-12-6-5-10(15-2)9-11(12)13/h5-6,9H,3-4,7-8H2,1-2H3. The van der Waals surface area contributed by atoms with Gasteiger partial charge < -0.3 is 14.2 Å². The Morgan fingerprint density at radius 3 is 2.50 bits per heavy atom. The molecule has 16 heavy (non-hydrogen) atoms. The molecule has 0 heterocycles. The summed E-state index contributed by atoms with van der Waals surface area (Å²) in [6.45, 7) is 1.49. The molecule has 0 aliphatic carbocycles. The smallest absolute Gasteiger partial charge is 0.133 e. The van der Waals surface area contributed by atoms with E-state index in [-0.39, 0.29) is 0 Å². The van der Waals surface area contributed by atoms with Gasteiger partial charge in [0.15, 0.2) is 0 Å². The summed E-state index contributed by atoms with van der Waals surface area (Å²) in [7, 11) is 3.36. The molecular formula is C12H17BrO3. The van der Waals surface area contributed by atoms with Crippen molar-refractivity contribution in [2.45, 2.75) is 12.8 Å². The third kappa shape index (κ3) is 4.41. The van der Waals surface area contributed by atoms with E-state index >= 15 is 0 Å². The van der Waals surface area contributed by atoms with Gasteiger partial charge in [-0.15, -0.1) is 0 Å². The summed E-state index contributed by atoms with van der Waals surface area (Å²) in [6, 6.07) is 5.68. The Bertz CT molecular complexity index is 315. The quantitative estimate of drug-likeness (QED) is 0.721. The zero-order chi connectivity index (χ0) is 11.8. The Balaban J connectivity index is 2.36. The Kier molecular flexibility index (Phi) is 6.26. The maximum atomic E-state index is 5.62. The second kappa shape index (κ2) is 7.52. The molecule has 0 spiro atoms. The Morgan fingerprint density at radius 2 is 1.88 bits per heavy atom. The van der Waals surface area contributed by atoms with E-state index in [9.17, 15) is 0 Å². The van der Waals surface area contributed by atoms with Crippen molar-refractivity contribution in [2.75, 3.05) is 27.4 Å². The van der Waals surface area contributed by atoms with E-state index < -0.39 is 0 Å². The SMILES string of the molecule is COCCCCOc1ccc(OC)cc1Br. The van der Waals surface area contributed by atoms with Gasteiger partial charge in [-0.1, -0.05) is 0 Å². The van der Waals surface area contributed by atoms with Crippen LogP contribution >= 0.6 is 15.9 Å². The molecule has 4 heteroatoms. The summed E-state index contributed by atoms with van der Waals surface area (Å²) in [6.07, 6.45) is 2.01. The van der Waals surface area contributed by atoms with Crippen LogP contribution in [0.3, 0.4) is 0 Å². The molecule has 0 saturated carbocycles. The predicted molar refractivity (Wildman–Crippen MR) is 67.3 cm³/mol. The summed E-state index contributed by atoms with van der Waals surface area (Å²) in [5.41, 5.74) is 0. The van der Waals surface area contributed by atoms with E-state index in [4.69, 9.17) is 14.2 Å². The fraction of sp³-hybridized carbons (Fsp3) is 0.500. The fourth-order valence-electron chi connectivity index (χ4n) is 1.26. The molecule has 3 nitrogen and oxygen atoms in total. The van der Waals surface area contributed by atoms with Crippen LogP contribution in [-0.2, 0) is 4.74 Å². The molecule has 1 aromatic rings. The topological polar surface area (TPSA) is 27.7 Å². The van der Waals surface area contributed by atoms with Crippen molar-refractivity contribution in [1.29, 1.82) is 0 Å². The largest absolute Gasteiger partial charge is 0.497 e. The summed E-state index contributed by atoms with van der Waals surface area (Å²) < 4.78 is 16.6. The first-order chi connectivity index (χ1) is 7.77. The number of unbranched alkanes of at least 4 members (excludes halogenated alkanes) is 1. The second-order valence-corrected chi connectivity index (χ2v) is 4.20. The molecule has 0 aliphatic rings. The minimum Gasteiger partial charge on any atom is -0.497 e. The maximum absolute atomic E-state index is 5.62. The first-order valence-electron chi connectivity index (χ1n) is 5.23. The number of hydrogen-bond acceptors (Lipinski definition) is 3. The summed E-state index contributed by atoms with van der Waals surface area (Å²) >= 11 is 3.44. The van der Waals surface area contributed by atoms with Crippen LogP contribution in [0.5, 0.6) is 11.5 Å². The number of benzene rings is 1. The number of hydrogen-bond donors (Lipinski definition) is 0. The van der Waals surface area contributed by atoms with Gasteiger partial charge in [0.05, 0.1) is 18.2 Å². The van der Waals surface area contributed by atoms with Crippen LogP contribution in [0, 0.1) is 0 Å². The van der Waals surface area contributed by atoms with Gasteiger partial charge in [0, 0.05) is 13.7 Å². The highest BCUT2D eigenvalue weighted by atomic mass is 79.9. The molecule has 0 unspecified atom stereocenters. The Hall–Kier alpha value is -0.740. The van der Waals surface area contributed by atoms with Gasteiger partial charge in [-0.05, 0) is 47.0 Å². The number of ether oxygens (including phenoxy) is 3. The van der Waals surface area contributed by atoms with Crippen molar-refractivity contribution >= 4 is 15.9 Å². The van der Waals surface area contributed by atoms with Gasteiger partial charge in [-0.3, -0.25) is 0 Å². The molecule has 0 aromatic heterocycles. The average Bonchev–Trinajstić information content (AvgIpc) is 2.30. The highest BCUT2D eigenvalue weighted by Crippen LogP contribution is 2.29. The molecule has 90 valence electrons. The number of methoxy groups -OCH3 is 2. The van der Waals surface area contributed by atoms with Gasteiger partial charge in [-0.25, -0.2) is 0 Å². The molecule has 0 bridgehead atoms. The lowest BCUT2D eigenvalue weighted by atomic mass is 10.3. The normalized spacial score (nSPS) is 10.2. The third-order valence-corrected chi connectivity index (χ3v) is 2.76. The number of rotatable bonds is 7. The lowest BCUT2D eigenvalue weighted by Crippen LogP contribution is -2.00. The second-order valence-electron chi connectivity index (χ2n) is 3.34. The summed E-state index contributed by atoms with van der Waals surface area (Å²) in [5.74, 6) is 1.66. The molecule has 0 radical (unpaired) electrons. The minimum atomic E-state index is 0.703. The highest BCUT2D eigenvalue weighted by Gasteiger charge is 2.02. The molecule has 0 atom stereocenters. The van der Waals surface area contributed by atoms with Gasteiger partial charge in [0.25, 0.3) is 0 Å².